The van der Waals surface area contributed by atoms with E-state index in [0.29, 0.717) is 5.56 Å². The maximum atomic E-state index is 13.9. The number of ether oxygens (including phenoxy) is 1. The highest BCUT2D eigenvalue weighted by Gasteiger charge is 2.33. The molecule has 0 unspecified atom stereocenters. The first-order chi connectivity index (χ1) is 9.95. The van der Waals surface area contributed by atoms with Gasteiger partial charge in [0.2, 0.25) is 0 Å². The number of halogens is 1. The molecule has 0 fully saturated rings. The summed E-state index contributed by atoms with van der Waals surface area (Å²) < 4.78 is 19.4. The minimum Gasteiger partial charge on any atom is -0.508 e. The van der Waals surface area contributed by atoms with Gasteiger partial charge < -0.3 is 25.2 Å². The number of aromatic hydroxyl groups is 3. The van der Waals surface area contributed by atoms with E-state index in [-0.39, 0.29) is 35.0 Å². The Balaban J connectivity index is 2.04. The first kappa shape index (κ1) is 13.5. The van der Waals surface area contributed by atoms with Crippen molar-refractivity contribution >= 4 is 0 Å². The molecule has 2 aromatic carbocycles. The Bertz CT molecular complexity index is 701. The normalized spacial score (nSPS) is 20.7. The molecule has 6 heteroatoms. The Kier molecular flexibility index (Phi) is 3.10. The number of phenols is 3. The molecular formula is C15H13FO5. The van der Waals surface area contributed by atoms with Crippen molar-refractivity contribution in [2.24, 2.45) is 0 Å². The predicted molar refractivity (Wildman–Crippen MR) is 70.9 cm³/mol. The lowest BCUT2D eigenvalue weighted by molar-refractivity contribution is 0.0177. The van der Waals surface area contributed by atoms with Crippen LogP contribution < -0.4 is 4.74 Å². The van der Waals surface area contributed by atoms with E-state index in [0.717, 1.165) is 12.1 Å². The molecule has 21 heavy (non-hydrogen) atoms. The van der Waals surface area contributed by atoms with Gasteiger partial charge in [-0.2, -0.15) is 0 Å². The van der Waals surface area contributed by atoms with Crippen LogP contribution in [0.5, 0.6) is 23.0 Å². The highest BCUT2D eigenvalue weighted by atomic mass is 19.1. The molecular weight excluding hydrogens is 279 g/mol. The van der Waals surface area contributed by atoms with E-state index in [1.807, 2.05) is 0 Å². The number of aliphatic hydroxyl groups excluding tert-OH is 1. The predicted octanol–water partition coefficient (Wildman–Crippen LogP) is 1.98. The molecule has 1 heterocycles. The largest absolute Gasteiger partial charge is 0.508 e. The summed E-state index contributed by atoms with van der Waals surface area (Å²) in [5.74, 6) is -0.987. The number of aliphatic hydroxyl groups is 1. The summed E-state index contributed by atoms with van der Waals surface area (Å²) in [5, 5.41) is 38.8. The van der Waals surface area contributed by atoms with Crippen LogP contribution >= 0.6 is 0 Å². The topological polar surface area (TPSA) is 90.2 Å². The molecule has 4 N–H and O–H groups in total. The zero-order valence-corrected chi connectivity index (χ0v) is 10.8. The Hall–Kier alpha value is -2.47. The van der Waals surface area contributed by atoms with Crippen LogP contribution in [0.3, 0.4) is 0 Å². The van der Waals surface area contributed by atoms with Gasteiger partial charge in [0, 0.05) is 29.7 Å². The number of benzene rings is 2. The molecule has 0 bridgehead atoms. The first-order valence-corrected chi connectivity index (χ1v) is 6.33. The molecule has 1 aliphatic heterocycles. The second-order valence-corrected chi connectivity index (χ2v) is 4.96. The zero-order valence-electron chi connectivity index (χ0n) is 10.8. The second-order valence-electron chi connectivity index (χ2n) is 4.96. The number of phenolic OH excluding ortho intramolecular Hbond substituents is 3. The lowest BCUT2D eigenvalue weighted by Crippen LogP contribution is -2.31. The molecule has 2 aromatic rings. The van der Waals surface area contributed by atoms with Gasteiger partial charge in [0.05, 0.1) is 6.10 Å². The Morgan fingerprint density at radius 3 is 2.57 bits per heavy atom. The van der Waals surface area contributed by atoms with Crippen LogP contribution in [0.25, 0.3) is 0 Å². The van der Waals surface area contributed by atoms with Crippen molar-refractivity contribution in [3.8, 4) is 23.0 Å². The van der Waals surface area contributed by atoms with Crippen LogP contribution in [0.4, 0.5) is 4.39 Å². The van der Waals surface area contributed by atoms with E-state index < -0.39 is 18.0 Å². The third-order valence-electron chi connectivity index (χ3n) is 3.47. The van der Waals surface area contributed by atoms with E-state index in [9.17, 15) is 24.8 Å². The molecule has 2 atom stereocenters. The van der Waals surface area contributed by atoms with Gasteiger partial charge in [-0.15, -0.1) is 0 Å². The third kappa shape index (κ3) is 2.34. The van der Waals surface area contributed by atoms with Crippen molar-refractivity contribution < 1.29 is 29.6 Å². The molecule has 0 spiro atoms. The highest BCUT2D eigenvalue weighted by Crippen LogP contribution is 2.42. The number of hydrogen-bond donors (Lipinski definition) is 4. The van der Waals surface area contributed by atoms with Crippen LogP contribution in [0.1, 0.15) is 17.2 Å². The number of hydrogen-bond acceptors (Lipinski definition) is 5. The lowest BCUT2D eigenvalue weighted by Gasteiger charge is -2.31. The molecule has 1 aliphatic rings. The average Bonchev–Trinajstić information content (AvgIpc) is 2.42. The summed E-state index contributed by atoms with van der Waals surface area (Å²) in [6.07, 6.45) is -2.09. The summed E-state index contributed by atoms with van der Waals surface area (Å²) in [5.41, 5.74) is 0.355. The fourth-order valence-corrected chi connectivity index (χ4v) is 2.48. The number of rotatable bonds is 1. The van der Waals surface area contributed by atoms with E-state index in [2.05, 4.69) is 0 Å². The summed E-state index contributed by atoms with van der Waals surface area (Å²) >= 11 is 0. The third-order valence-corrected chi connectivity index (χ3v) is 3.47. The van der Waals surface area contributed by atoms with Gasteiger partial charge >= 0.3 is 0 Å². The zero-order chi connectivity index (χ0) is 15.1. The summed E-state index contributed by atoms with van der Waals surface area (Å²) in [6, 6.07) is 5.88. The minimum absolute atomic E-state index is 0.0102. The molecule has 0 radical (unpaired) electrons. The average molecular weight is 292 g/mol. The molecule has 0 saturated carbocycles. The van der Waals surface area contributed by atoms with Crippen LogP contribution in [0.15, 0.2) is 30.3 Å². The summed E-state index contributed by atoms with van der Waals surface area (Å²) in [7, 11) is 0. The molecule has 0 amide bonds. The molecule has 0 aromatic heterocycles. The Morgan fingerprint density at radius 1 is 1.05 bits per heavy atom. The van der Waals surface area contributed by atoms with Crippen molar-refractivity contribution in [1.29, 1.82) is 0 Å². The van der Waals surface area contributed by atoms with Gasteiger partial charge in [-0.3, -0.25) is 0 Å². The van der Waals surface area contributed by atoms with Crippen LogP contribution in [0.2, 0.25) is 0 Å². The van der Waals surface area contributed by atoms with Crippen molar-refractivity contribution in [2.45, 2.75) is 18.6 Å². The smallest absolute Gasteiger partial charge is 0.153 e. The molecule has 3 rings (SSSR count). The van der Waals surface area contributed by atoms with Crippen molar-refractivity contribution in [3.63, 3.8) is 0 Å². The number of fused-ring (bicyclic) bond motifs is 1. The standard InChI is InChI=1S/C15H13FO5/c16-11-2-1-7(17)3-9(11)15-13(20)6-10-12(19)4-8(18)5-14(10)21-15/h1-5,13,15,17-20H,6H2/t13-,15-/m0/s1. The van der Waals surface area contributed by atoms with Gasteiger partial charge in [-0.25, -0.2) is 4.39 Å². The van der Waals surface area contributed by atoms with Crippen LogP contribution in [-0.4, -0.2) is 26.5 Å². The van der Waals surface area contributed by atoms with Gasteiger partial charge in [0.15, 0.2) is 6.10 Å². The van der Waals surface area contributed by atoms with Crippen LogP contribution in [0, 0.1) is 5.82 Å². The van der Waals surface area contributed by atoms with Gasteiger partial charge in [-0.05, 0) is 18.2 Å². The maximum absolute atomic E-state index is 13.9. The first-order valence-electron chi connectivity index (χ1n) is 6.33. The van der Waals surface area contributed by atoms with E-state index in [1.165, 1.54) is 18.2 Å². The minimum atomic E-state index is -1.09. The molecule has 110 valence electrons. The fourth-order valence-electron chi connectivity index (χ4n) is 2.48. The lowest BCUT2D eigenvalue weighted by atomic mass is 9.93. The van der Waals surface area contributed by atoms with Gasteiger partial charge in [0.25, 0.3) is 0 Å². The van der Waals surface area contributed by atoms with Crippen molar-refractivity contribution in [2.75, 3.05) is 0 Å². The highest BCUT2D eigenvalue weighted by molar-refractivity contribution is 5.51. The Morgan fingerprint density at radius 2 is 1.81 bits per heavy atom. The second kappa shape index (κ2) is 4.82. The van der Waals surface area contributed by atoms with E-state index in [1.54, 1.807) is 0 Å². The van der Waals surface area contributed by atoms with Crippen LogP contribution in [-0.2, 0) is 6.42 Å². The fraction of sp³-hybridized carbons (Fsp3) is 0.200. The van der Waals surface area contributed by atoms with E-state index in [4.69, 9.17) is 4.74 Å². The molecule has 0 saturated heterocycles. The maximum Gasteiger partial charge on any atom is 0.153 e. The van der Waals surface area contributed by atoms with E-state index >= 15 is 0 Å². The SMILES string of the molecule is Oc1cc(O)c2c(c1)O[C@@H](c1cc(O)ccc1F)[C@@H](O)C2. The monoisotopic (exact) mass is 292 g/mol. The molecule has 0 aliphatic carbocycles. The Labute approximate surface area is 119 Å². The van der Waals surface area contributed by atoms with Crippen molar-refractivity contribution in [1.82, 2.24) is 0 Å². The van der Waals surface area contributed by atoms with Crippen molar-refractivity contribution in [3.05, 3.63) is 47.3 Å². The summed E-state index contributed by atoms with van der Waals surface area (Å²) in [4.78, 5) is 0. The molecule has 5 nitrogen and oxygen atoms in total. The van der Waals surface area contributed by atoms with Gasteiger partial charge in [-0.1, -0.05) is 0 Å². The van der Waals surface area contributed by atoms with Gasteiger partial charge in [0.1, 0.15) is 28.8 Å². The summed E-state index contributed by atoms with van der Waals surface area (Å²) in [6.45, 7) is 0. The quantitative estimate of drug-likeness (QED) is 0.645.